The summed E-state index contributed by atoms with van der Waals surface area (Å²) >= 11 is 0. The van der Waals surface area contributed by atoms with Gasteiger partial charge in [-0.25, -0.2) is 14.1 Å². The minimum atomic E-state index is -0.828. The third-order valence-corrected chi connectivity index (χ3v) is 11.9. The van der Waals surface area contributed by atoms with Gasteiger partial charge in [-0.15, -0.1) is 0 Å². The highest BCUT2D eigenvalue weighted by Gasteiger charge is 2.68. The van der Waals surface area contributed by atoms with Gasteiger partial charge in [-0.3, -0.25) is 4.79 Å². The van der Waals surface area contributed by atoms with Gasteiger partial charge in [-0.1, -0.05) is 96.9 Å². The van der Waals surface area contributed by atoms with E-state index in [1.807, 2.05) is 19.4 Å². The average molecular weight is 586 g/mol. The van der Waals surface area contributed by atoms with Crippen LogP contribution < -0.4 is 4.57 Å². The molecule has 0 spiro atoms. The van der Waals surface area contributed by atoms with Gasteiger partial charge in [-0.05, 0) is 53.8 Å². The minimum absolute atomic E-state index is 0.00488. The molecule has 3 atom stereocenters. The molecule has 0 fully saturated rings. The zero-order valence-electron chi connectivity index (χ0n) is 30.3. The summed E-state index contributed by atoms with van der Waals surface area (Å²) in [6.45, 7) is 37.0. The number of carbonyl (C=O) groups is 1. The van der Waals surface area contributed by atoms with Crippen LogP contribution in [-0.2, 0) is 16.6 Å². The molecular formula is C36H65N4O2+. The monoisotopic (exact) mass is 586 g/mol. The lowest BCUT2D eigenvalue weighted by molar-refractivity contribution is -0.671. The van der Waals surface area contributed by atoms with Crippen LogP contribution in [0.25, 0.3) is 0 Å². The summed E-state index contributed by atoms with van der Waals surface area (Å²) in [7, 11) is 2.07. The van der Waals surface area contributed by atoms with Crippen molar-refractivity contribution in [2.45, 2.75) is 136 Å². The number of rotatable bonds is 12. The molecule has 3 unspecified atom stereocenters. The maximum Gasteiger partial charge on any atom is 0.312 e. The standard InChI is InChI=1S/C36H65N4O2/c1-18-42-29(41)36(16,34(12,13)32(8,9)24-27(31(5,6)7)39-20-19-37-25-39)35(14,15)33(10,11)28(23-30(2,3)4)40-22-21-38(17)26-40/h19-22,25-28H,18,23-24H2,1-17H3/q+1. The molecule has 240 valence electrons. The fourth-order valence-corrected chi connectivity index (χ4v) is 7.32. The summed E-state index contributed by atoms with van der Waals surface area (Å²) in [5, 5.41) is 0. The van der Waals surface area contributed by atoms with Crippen LogP contribution in [0.2, 0.25) is 0 Å². The van der Waals surface area contributed by atoms with E-state index in [1.54, 1.807) is 0 Å². The molecule has 2 aromatic rings. The highest BCUT2D eigenvalue weighted by Crippen LogP contribution is 2.68. The third kappa shape index (κ3) is 6.53. The molecule has 0 radical (unpaired) electrons. The average Bonchev–Trinajstić information content (AvgIpc) is 3.50. The Morgan fingerprint density at radius 3 is 1.79 bits per heavy atom. The Morgan fingerprint density at radius 1 is 0.810 bits per heavy atom. The van der Waals surface area contributed by atoms with E-state index in [0.29, 0.717) is 6.61 Å². The molecule has 2 heterocycles. The third-order valence-electron chi connectivity index (χ3n) is 11.9. The molecule has 0 amide bonds. The molecule has 0 aliphatic heterocycles. The zero-order valence-corrected chi connectivity index (χ0v) is 30.3. The van der Waals surface area contributed by atoms with Gasteiger partial charge < -0.3 is 9.30 Å². The van der Waals surface area contributed by atoms with E-state index >= 15 is 0 Å². The van der Waals surface area contributed by atoms with Crippen molar-refractivity contribution in [2.75, 3.05) is 6.61 Å². The normalized spacial score (nSPS) is 17.1. The van der Waals surface area contributed by atoms with Crippen LogP contribution >= 0.6 is 0 Å². The lowest BCUT2D eigenvalue weighted by atomic mass is 9.40. The van der Waals surface area contributed by atoms with Gasteiger partial charge in [0.1, 0.15) is 18.4 Å². The van der Waals surface area contributed by atoms with Gasteiger partial charge in [0, 0.05) is 23.9 Å². The molecular weight excluding hydrogens is 520 g/mol. The number of aromatic nitrogens is 4. The molecule has 2 aromatic heterocycles. The first kappa shape index (κ1) is 36.1. The molecule has 0 saturated heterocycles. The molecule has 6 heteroatoms. The molecule has 42 heavy (non-hydrogen) atoms. The zero-order chi connectivity index (χ0) is 32.7. The molecule has 6 nitrogen and oxygen atoms in total. The van der Waals surface area contributed by atoms with Crippen LogP contribution in [-0.4, -0.2) is 26.7 Å². The SMILES string of the molecule is CCOC(=O)C(C)(C(C)(C)C(C)(C)CC(n1ccnc1)C(C)(C)C)C(C)(C)C(C)(C)C(CC(C)(C)C)n1cc[n+](C)c1. The van der Waals surface area contributed by atoms with Gasteiger partial charge in [0.2, 0.25) is 6.33 Å². The Labute approximate surface area is 258 Å². The number of aryl methyl sites for hydroxylation is 1. The van der Waals surface area contributed by atoms with Crippen molar-refractivity contribution in [3.05, 3.63) is 37.4 Å². The summed E-state index contributed by atoms with van der Waals surface area (Å²) in [5.41, 5.74) is -2.20. The maximum atomic E-state index is 14.6. The lowest BCUT2D eigenvalue weighted by Gasteiger charge is -2.63. The largest absolute Gasteiger partial charge is 0.466 e. The van der Waals surface area contributed by atoms with E-state index in [1.165, 1.54) is 0 Å². The molecule has 0 aliphatic carbocycles. The second-order valence-electron chi connectivity index (χ2n) is 17.6. The fraction of sp³-hybridized carbons (Fsp3) is 0.806. The van der Waals surface area contributed by atoms with Gasteiger partial charge in [0.15, 0.2) is 0 Å². The number of nitrogens with zero attached hydrogens (tertiary/aromatic N) is 4. The Bertz CT molecular complexity index is 1170. The first-order chi connectivity index (χ1) is 18.8. The van der Waals surface area contributed by atoms with Crippen molar-refractivity contribution in [1.82, 2.24) is 14.1 Å². The molecule has 2 rings (SSSR count). The van der Waals surface area contributed by atoms with Crippen LogP contribution in [0.5, 0.6) is 0 Å². The first-order valence-electron chi connectivity index (χ1n) is 16.0. The number of hydrogen-bond donors (Lipinski definition) is 0. The van der Waals surface area contributed by atoms with Gasteiger partial charge >= 0.3 is 5.97 Å². The highest BCUT2D eigenvalue weighted by molar-refractivity contribution is 5.79. The van der Waals surface area contributed by atoms with E-state index in [0.717, 1.165) is 12.8 Å². The number of imidazole rings is 2. The van der Waals surface area contributed by atoms with Crippen molar-refractivity contribution in [2.24, 2.45) is 45.0 Å². The number of esters is 1. The van der Waals surface area contributed by atoms with Crippen molar-refractivity contribution in [1.29, 1.82) is 0 Å². The summed E-state index contributed by atoms with van der Waals surface area (Å²) < 4.78 is 12.8. The lowest BCUT2D eigenvalue weighted by Crippen LogP contribution is -2.63. The van der Waals surface area contributed by atoms with Crippen molar-refractivity contribution in [3.63, 3.8) is 0 Å². The van der Waals surface area contributed by atoms with Gasteiger partial charge in [0.25, 0.3) is 0 Å². The predicted molar refractivity (Wildman–Crippen MR) is 174 cm³/mol. The molecule has 0 aromatic carbocycles. The van der Waals surface area contributed by atoms with Crippen LogP contribution in [0.1, 0.15) is 136 Å². The van der Waals surface area contributed by atoms with Gasteiger partial charge in [-0.2, -0.15) is 0 Å². The topological polar surface area (TPSA) is 52.9 Å². The van der Waals surface area contributed by atoms with E-state index in [-0.39, 0.29) is 39.7 Å². The second-order valence-corrected chi connectivity index (χ2v) is 17.6. The number of ether oxygens (including phenoxy) is 1. The predicted octanol–water partition coefficient (Wildman–Crippen LogP) is 8.84. The second kappa shape index (κ2) is 11.8. The molecule has 0 N–H and O–H groups in total. The summed E-state index contributed by atoms with van der Waals surface area (Å²) in [4.78, 5) is 18.9. The van der Waals surface area contributed by atoms with Crippen LogP contribution in [0.3, 0.4) is 0 Å². The Morgan fingerprint density at radius 2 is 1.38 bits per heavy atom. The molecule has 0 aliphatic rings. The van der Waals surface area contributed by atoms with E-state index in [4.69, 9.17) is 4.74 Å². The summed E-state index contributed by atoms with van der Waals surface area (Å²) in [5.74, 6) is -0.108. The first-order valence-corrected chi connectivity index (χ1v) is 16.0. The van der Waals surface area contributed by atoms with Gasteiger partial charge in [0.05, 0.1) is 25.4 Å². The Balaban J connectivity index is 2.80. The van der Waals surface area contributed by atoms with E-state index < -0.39 is 16.2 Å². The highest BCUT2D eigenvalue weighted by atomic mass is 16.5. The van der Waals surface area contributed by atoms with Crippen molar-refractivity contribution < 1.29 is 14.1 Å². The number of carbonyl (C=O) groups excluding carboxylic acids is 1. The quantitative estimate of drug-likeness (QED) is 0.185. The van der Waals surface area contributed by atoms with E-state index in [2.05, 4.69) is 155 Å². The smallest absolute Gasteiger partial charge is 0.312 e. The van der Waals surface area contributed by atoms with Crippen molar-refractivity contribution >= 4 is 5.97 Å². The fourth-order valence-electron chi connectivity index (χ4n) is 7.32. The van der Waals surface area contributed by atoms with Crippen molar-refractivity contribution in [3.8, 4) is 0 Å². The van der Waals surface area contributed by atoms with Crippen LogP contribution in [0.15, 0.2) is 37.4 Å². The van der Waals surface area contributed by atoms with Crippen LogP contribution in [0.4, 0.5) is 0 Å². The maximum absolute atomic E-state index is 14.6. The summed E-state index contributed by atoms with van der Waals surface area (Å²) in [6.07, 6.45) is 14.2. The molecule has 0 saturated carbocycles. The number of hydrogen-bond acceptors (Lipinski definition) is 3. The van der Waals surface area contributed by atoms with E-state index in [9.17, 15) is 4.79 Å². The minimum Gasteiger partial charge on any atom is -0.466 e. The Kier molecular flexibility index (Phi) is 10.1. The van der Waals surface area contributed by atoms with Crippen LogP contribution in [0, 0.1) is 37.9 Å². The molecule has 0 bridgehead atoms. The summed E-state index contributed by atoms with van der Waals surface area (Å²) in [6, 6.07) is 0.375. The Hall–Kier alpha value is -2.11.